The number of imidazole rings is 1. The van der Waals surface area contributed by atoms with Gasteiger partial charge in [-0.3, -0.25) is 9.20 Å². The van der Waals surface area contributed by atoms with E-state index in [2.05, 4.69) is 37.4 Å². The molecule has 0 aliphatic heterocycles. The van der Waals surface area contributed by atoms with Crippen LogP contribution in [0.1, 0.15) is 22.4 Å². The van der Waals surface area contributed by atoms with E-state index in [-0.39, 0.29) is 12.3 Å². The summed E-state index contributed by atoms with van der Waals surface area (Å²) in [6.07, 6.45) is 2.27. The Kier molecular flexibility index (Phi) is 5.11. The topological polar surface area (TPSA) is 55.6 Å². The van der Waals surface area contributed by atoms with Crippen molar-refractivity contribution in [2.24, 2.45) is 0 Å². The molecule has 0 aliphatic rings. The lowest BCUT2D eigenvalue weighted by atomic mass is 10.0. The lowest BCUT2D eigenvalue weighted by Crippen LogP contribution is -2.16. The van der Waals surface area contributed by atoms with Crippen molar-refractivity contribution in [3.8, 4) is 17.0 Å². The number of ether oxygens (including phenoxy) is 1. The molecule has 0 aliphatic carbocycles. The maximum absolute atomic E-state index is 12.7. The number of aryl methyl sites for hydroxylation is 3. The van der Waals surface area contributed by atoms with Gasteiger partial charge in [-0.25, -0.2) is 4.98 Å². The molecule has 0 fully saturated rings. The summed E-state index contributed by atoms with van der Waals surface area (Å²) in [4.78, 5) is 18.3. The number of thiazole rings is 1. The molecule has 0 unspecified atom stereocenters. The van der Waals surface area contributed by atoms with Crippen LogP contribution >= 0.6 is 11.3 Å². The van der Waals surface area contributed by atoms with Crippen molar-refractivity contribution in [1.29, 1.82) is 0 Å². The quantitative estimate of drug-likeness (QED) is 0.498. The van der Waals surface area contributed by atoms with Gasteiger partial charge >= 0.3 is 0 Å². The summed E-state index contributed by atoms with van der Waals surface area (Å²) in [5.41, 5.74) is 7.17. The minimum absolute atomic E-state index is 0.0879. The van der Waals surface area contributed by atoms with Crippen molar-refractivity contribution < 1.29 is 9.53 Å². The van der Waals surface area contributed by atoms with E-state index in [1.54, 1.807) is 18.4 Å². The second-order valence-electron chi connectivity index (χ2n) is 7.23. The molecule has 2 aromatic carbocycles. The first-order valence-electron chi connectivity index (χ1n) is 9.42. The molecule has 2 heterocycles. The van der Waals surface area contributed by atoms with Crippen molar-refractivity contribution in [3.63, 3.8) is 0 Å². The Labute approximate surface area is 174 Å². The van der Waals surface area contributed by atoms with Crippen molar-refractivity contribution in [3.05, 3.63) is 70.4 Å². The molecule has 5 nitrogen and oxygen atoms in total. The second-order valence-corrected chi connectivity index (χ2v) is 8.07. The van der Waals surface area contributed by atoms with Crippen LogP contribution < -0.4 is 10.1 Å². The lowest BCUT2D eigenvalue weighted by Gasteiger charge is -2.10. The fourth-order valence-electron chi connectivity index (χ4n) is 3.27. The first-order valence-corrected chi connectivity index (χ1v) is 10.3. The summed E-state index contributed by atoms with van der Waals surface area (Å²) in [6.45, 7) is 6.19. The number of nitrogens with zero attached hydrogens (tertiary/aromatic N) is 2. The van der Waals surface area contributed by atoms with Crippen LogP contribution in [0.2, 0.25) is 0 Å². The normalized spacial score (nSPS) is 11.0. The molecule has 0 radical (unpaired) electrons. The number of aromatic nitrogens is 2. The van der Waals surface area contributed by atoms with E-state index in [4.69, 9.17) is 9.72 Å². The van der Waals surface area contributed by atoms with Crippen molar-refractivity contribution in [2.75, 3.05) is 12.4 Å². The Morgan fingerprint density at radius 3 is 2.72 bits per heavy atom. The number of fused-ring (bicyclic) bond motifs is 1. The molecule has 0 saturated carbocycles. The minimum atomic E-state index is -0.0879. The number of amides is 1. The van der Waals surface area contributed by atoms with Gasteiger partial charge in [-0.15, -0.1) is 11.3 Å². The van der Waals surface area contributed by atoms with Gasteiger partial charge in [-0.2, -0.15) is 0 Å². The number of carbonyl (C=O) groups excluding carboxylic acids is 1. The largest absolute Gasteiger partial charge is 0.495 e. The predicted molar refractivity (Wildman–Crippen MR) is 118 cm³/mol. The zero-order valence-corrected chi connectivity index (χ0v) is 17.8. The van der Waals surface area contributed by atoms with Gasteiger partial charge in [-0.1, -0.05) is 18.2 Å². The average molecular weight is 406 g/mol. The third-order valence-corrected chi connectivity index (χ3v) is 5.95. The molecule has 2 aromatic heterocycles. The van der Waals surface area contributed by atoms with Crippen LogP contribution in [0.25, 0.3) is 16.2 Å². The van der Waals surface area contributed by atoms with Gasteiger partial charge in [0.15, 0.2) is 4.96 Å². The summed E-state index contributed by atoms with van der Waals surface area (Å²) < 4.78 is 7.35. The number of anilines is 1. The fraction of sp³-hybridized carbons (Fsp3) is 0.217. The van der Waals surface area contributed by atoms with Crippen LogP contribution in [0.4, 0.5) is 5.69 Å². The third kappa shape index (κ3) is 3.89. The smallest absolute Gasteiger partial charge is 0.230 e. The first kappa shape index (κ1) is 19.2. The van der Waals surface area contributed by atoms with E-state index < -0.39 is 0 Å². The van der Waals surface area contributed by atoms with Crippen LogP contribution in [0, 0.1) is 20.8 Å². The monoisotopic (exact) mass is 405 g/mol. The predicted octanol–water partition coefficient (Wildman–Crippen LogP) is 5.18. The second kappa shape index (κ2) is 7.72. The molecular formula is C23H23N3O2S. The number of benzene rings is 2. The average Bonchev–Trinajstić information content (AvgIpc) is 3.26. The van der Waals surface area contributed by atoms with Crippen LogP contribution in [-0.4, -0.2) is 22.4 Å². The molecule has 6 heteroatoms. The number of carbonyl (C=O) groups is 1. The lowest BCUT2D eigenvalue weighted by molar-refractivity contribution is -0.115. The summed E-state index contributed by atoms with van der Waals surface area (Å²) in [5.74, 6) is 0.564. The molecule has 0 spiro atoms. The van der Waals surface area contributed by atoms with Crippen LogP contribution in [0.15, 0.2) is 48.0 Å². The van der Waals surface area contributed by atoms with Gasteiger partial charge < -0.3 is 10.1 Å². The third-order valence-electron chi connectivity index (χ3n) is 5.06. The van der Waals surface area contributed by atoms with Gasteiger partial charge in [0.1, 0.15) is 5.75 Å². The molecule has 0 saturated heterocycles. The molecule has 4 rings (SSSR count). The maximum Gasteiger partial charge on any atom is 0.230 e. The molecule has 0 atom stereocenters. The van der Waals surface area contributed by atoms with E-state index >= 15 is 0 Å². The van der Waals surface area contributed by atoms with Gasteiger partial charge in [0.25, 0.3) is 0 Å². The number of hydrogen-bond acceptors (Lipinski definition) is 4. The Balaban J connectivity index is 1.57. The zero-order chi connectivity index (χ0) is 20.5. The van der Waals surface area contributed by atoms with Crippen LogP contribution in [0.3, 0.4) is 0 Å². The van der Waals surface area contributed by atoms with Crippen LogP contribution in [0.5, 0.6) is 5.75 Å². The van der Waals surface area contributed by atoms with Gasteiger partial charge in [0.2, 0.25) is 5.91 Å². The Bertz CT molecular complexity index is 1210. The number of nitrogens with one attached hydrogen (secondary N) is 1. The summed E-state index contributed by atoms with van der Waals surface area (Å²) in [6, 6.07) is 12.1. The molecule has 4 aromatic rings. The minimum Gasteiger partial charge on any atom is -0.495 e. The number of rotatable bonds is 5. The molecule has 1 N–H and O–H groups in total. The maximum atomic E-state index is 12.7. The number of methoxy groups -OCH3 is 1. The summed E-state index contributed by atoms with van der Waals surface area (Å²) >= 11 is 1.54. The fourth-order valence-corrected chi connectivity index (χ4v) is 4.15. The standard InChI is InChI=1S/C23H23N3O2S/c1-14-5-8-21(28-4)19(9-14)24-22(27)11-18-13-29-23-25-20(12-26(18)23)17-7-6-15(2)16(3)10-17/h5-10,12-13H,11H2,1-4H3,(H,24,27). The molecule has 0 bridgehead atoms. The molecule has 148 valence electrons. The molecule has 29 heavy (non-hydrogen) atoms. The highest BCUT2D eigenvalue weighted by Crippen LogP contribution is 2.27. The van der Waals surface area contributed by atoms with Crippen LogP contribution in [-0.2, 0) is 11.2 Å². The summed E-state index contributed by atoms with van der Waals surface area (Å²) in [5, 5.41) is 4.95. The van der Waals surface area contributed by atoms with E-state index in [1.807, 2.05) is 41.1 Å². The zero-order valence-electron chi connectivity index (χ0n) is 16.9. The van der Waals surface area contributed by atoms with Gasteiger partial charge in [0.05, 0.1) is 24.9 Å². The van der Waals surface area contributed by atoms with Crippen molar-refractivity contribution in [2.45, 2.75) is 27.2 Å². The SMILES string of the molecule is COc1ccc(C)cc1NC(=O)Cc1csc2nc(-c3ccc(C)c(C)c3)cn12. The Morgan fingerprint density at radius 2 is 1.97 bits per heavy atom. The van der Waals surface area contributed by atoms with E-state index in [0.717, 1.165) is 27.5 Å². The van der Waals surface area contributed by atoms with E-state index in [0.29, 0.717) is 11.4 Å². The highest BCUT2D eigenvalue weighted by molar-refractivity contribution is 7.15. The molecule has 1 amide bonds. The van der Waals surface area contributed by atoms with E-state index in [9.17, 15) is 4.79 Å². The first-order chi connectivity index (χ1) is 13.9. The Hall–Kier alpha value is -3.12. The van der Waals surface area contributed by atoms with E-state index in [1.165, 1.54) is 11.1 Å². The highest BCUT2D eigenvalue weighted by Gasteiger charge is 2.14. The van der Waals surface area contributed by atoms with Gasteiger partial charge in [0, 0.05) is 22.8 Å². The summed E-state index contributed by atoms with van der Waals surface area (Å²) in [7, 11) is 1.60. The highest BCUT2D eigenvalue weighted by atomic mass is 32.1. The van der Waals surface area contributed by atoms with Crippen molar-refractivity contribution in [1.82, 2.24) is 9.38 Å². The Morgan fingerprint density at radius 1 is 1.14 bits per heavy atom. The van der Waals surface area contributed by atoms with Crippen molar-refractivity contribution >= 4 is 27.9 Å². The van der Waals surface area contributed by atoms with Gasteiger partial charge in [-0.05, 0) is 55.7 Å². The number of hydrogen-bond donors (Lipinski definition) is 1. The molecular weight excluding hydrogens is 382 g/mol.